The first-order valence-corrected chi connectivity index (χ1v) is 10.0. The summed E-state index contributed by atoms with van der Waals surface area (Å²) in [5.74, 6) is 2.19. The number of methoxy groups -OCH3 is 1. The van der Waals surface area contributed by atoms with Gasteiger partial charge in [0.15, 0.2) is 5.82 Å². The van der Waals surface area contributed by atoms with Gasteiger partial charge >= 0.3 is 0 Å². The zero-order chi connectivity index (χ0) is 18.0. The quantitative estimate of drug-likeness (QED) is 0.788. The molecule has 0 spiro atoms. The van der Waals surface area contributed by atoms with Crippen LogP contribution in [0, 0.1) is 18.3 Å². The van der Waals surface area contributed by atoms with E-state index in [1.807, 2.05) is 14.0 Å². The van der Waals surface area contributed by atoms with E-state index in [2.05, 4.69) is 19.9 Å². The van der Waals surface area contributed by atoms with Crippen molar-refractivity contribution in [1.29, 1.82) is 0 Å². The van der Waals surface area contributed by atoms with Gasteiger partial charge in [0.1, 0.15) is 0 Å². The van der Waals surface area contributed by atoms with Crippen LogP contribution in [0.1, 0.15) is 37.4 Å². The molecular weight excluding hydrogens is 332 g/mol. The first-order chi connectivity index (χ1) is 12.7. The van der Waals surface area contributed by atoms with Crippen molar-refractivity contribution in [2.45, 2.75) is 45.2 Å². The largest absolute Gasteiger partial charge is 0.384 e. The first-order valence-electron chi connectivity index (χ1n) is 10.0. The van der Waals surface area contributed by atoms with Gasteiger partial charge in [-0.3, -0.25) is 9.80 Å². The lowest BCUT2D eigenvalue weighted by molar-refractivity contribution is -0.0875. The Morgan fingerprint density at radius 3 is 2.81 bits per heavy atom. The molecule has 1 aliphatic carbocycles. The average molecular weight is 364 g/mol. The van der Waals surface area contributed by atoms with Crippen LogP contribution in [-0.4, -0.2) is 79.1 Å². The molecule has 3 fully saturated rings. The molecule has 2 aliphatic heterocycles. The van der Waals surface area contributed by atoms with E-state index in [-0.39, 0.29) is 5.41 Å². The zero-order valence-electron chi connectivity index (χ0n) is 16.2. The van der Waals surface area contributed by atoms with Gasteiger partial charge in [-0.25, -0.2) is 0 Å². The number of hydrogen-bond donors (Lipinski definition) is 0. The highest BCUT2D eigenvalue weighted by atomic mass is 16.5. The molecule has 0 unspecified atom stereocenters. The SMILES string of the molecule is COC[C@@]12CC[C@@H](N3CCOCC3)C[C@H]1CCN(Cc1noc(C)n1)C2. The summed E-state index contributed by atoms with van der Waals surface area (Å²) in [6.45, 7) is 9.65. The standard InChI is InChI=1S/C19H32N4O3/c1-15-20-18(21-26-15)12-22-6-4-16-11-17(23-7-9-25-10-8-23)3-5-19(16,13-22)14-24-2/h16-17H,3-14H2,1-2H3/t16-,17-,19+/m1/s1. The third kappa shape index (κ3) is 3.81. The third-order valence-corrected chi connectivity index (χ3v) is 6.66. The minimum Gasteiger partial charge on any atom is -0.384 e. The fraction of sp³-hybridized carbons (Fsp3) is 0.895. The summed E-state index contributed by atoms with van der Waals surface area (Å²) in [5, 5.41) is 4.08. The molecule has 1 aromatic rings. The van der Waals surface area contributed by atoms with Crippen LogP contribution in [0.15, 0.2) is 4.52 Å². The van der Waals surface area contributed by atoms with Gasteiger partial charge in [0.05, 0.1) is 26.4 Å². The van der Waals surface area contributed by atoms with E-state index in [1.54, 1.807) is 0 Å². The maximum absolute atomic E-state index is 5.71. The molecule has 7 heteroatoms. The van der Waals surface area contributed by atoms with Crippen molar-refractivity contribution in [2.24, 2.45) is 11.3 Å². The number of nitrogens with zero attached hydrogens (tertiary/aromatic N) is 4. The van der Waals surface area contributed by atoms with Crippen molar-refractivity contribution < 1.29 is 14.0 Å². The number of hydrogen-bond acceptors (Lipinski definition) is 7. The van der Waals surface area contributed by atoms with Gasteiger partial charge < -0.3 is 14.0 Å². The van der Waals surface area contributed by atoms with Crippen molar-refractivity contribution in [3.8, 4) is 0 Å². The second-order valence-electron chi connectivity index (χ2n) is 8.30. The van der Waals surface area contributed by atoms with Crippen molar-refractivity contribution in [3.05, 3.63) is 11.7 Å². The Labute approximate surface area is 156 Å². The van der Waals surface area contributed by atoms with E-state index in [0.717, 1.165) is 70.3 Å². The predicted octanol–water partition coefficient (Wildman–Crippen LogP) is 1.72. The van der Waals surface area contributed by atoms with Crippen molar-refractivity contribution in [2.75, 3.05) is 53.1 Å². The summed E-state index contributed by atoms with van der Waals surface area (Å²) in [7, 11) is 1.85. The van der Waals surface area contributed by atoms with Crippen LogP contribution in [0.5, 0.6) is 0 Å². The highest BCUT2D eigenvalue weighted by Gasteiger charge is 2.48. The molecule has 26 heavy (non-hydrogen) atoms. The molecule has 0 aromatic carbocycles. The highest BCUT2D eigenvalue weighted by Crippen LogP contribution is 2.48. The van der Waals surface area contributed by atoms with E-state index in [9.17, 15) is 0 Å². The van der Waals surface area contributed by atoms with Crippen molar-refractivity contribution in [3.63, 3.8) is 0 Å². The van der Waals surface area contributed by atoms with Crippen molar-refractivity contribution in [1.82, 2.24) is 19.9 Å². The molecule has 1 saturated carbocycles. The number of fused-ring (bicyclic) bond motifs is 1. The van der Waals surface area contributed by atoms with Crippen LogP contribution in [0.3, 0.4) is 0 Å². The number of likely N-dealkylation sites (tertiary alicyclic amines) is 1. The molecule has 3 heterocycles. The summed E-state index contributed by atoms with van der Waals surface area (Å²) in [4.78, 5) is 9.54. The number of piperidine rings is 1. The second kappa shape index (κ2) is 7.92. The topological polar surface area (TPSA) is 63.9 Å². The minimum atomic E-state index is 0.272. The fourth-order valence-electron chi connectivity index (χ4n) is 5.39. The Morgan fingerprint density at radius 2 is 2.08 bits per heavy atom. The van der Waals surface area contributed by atoms with Gasteiger partial charge in [-0.2, -0.15) is 4.98 Å². The smallest absolute Gasteiger partial charge is 0.223 e. The molecule has 1 aromatic heterocycles. The molecule has 2 saturated heterocycles. The fourth-order valence-corrected chi connectivity index (χ4v) is 5.39. The zero-order valence-corrected chi connectivity index (χ0v) is 16.2. The molecule has 146 valence electrons. The molecule has 3 aliphatic rings. The molecular formula is C19H32N4O3. The normalized spacial score (nSPS) is 33.9. The summed E-state index contributed by atoms with van der Waals surface area (Å²) >= 11 is 0. The highest BCUT2D eigenvalue weighted by molar-refractivity contribution is 5.00. The van der Waals surface area contributed by atoms with Crippen LogP contribution < -0.4 is 0 Å². The predicted molar refractivity (Wildman–Crippen MR) is 96.8 cm³/mol. The minimum absolute atomic E-state index is 0.272. The van der Waals surface area contributed by atoms with Gasteiger partial charge in [-0.15, -0.1) is 0 Å². The molecule has 0 N–H and O–H groups in total. The molecule has 3 atom stereocenters. The number of morpholine rings is 1. The van der Waals surface area contributed by atoms with Gasteiger partial charge in [0, 0.05) is 45.1 Å². The van der Waals surface area contributed by atoms with E-state index in [4.69, 9.17) is 14.0 Å². The van der Waals surface area contributed by atoms with Gasteiger partial charge in [-0.05, 0) is 38.1 Å². The first kappa shape index (κ1) is 18.3. The van der Waals surface area contributed by atoms with E-state index < -0.39 is 0 Å². The Hall–Kier alpha value is -1.02. The molecule has 0 radical (unpaired) electrons. The summed E-state index contributed by atoms with van der Waals surface area (Å²) in [5.41, 5.74) is 0.272. The lowest BCUT2D eigenvalue weighted by Crippen LogP contribution is -2.56. The monoisotopic (exact) mass is 364 g/mol. The van der Waals surface area contributed by atoms with Crippen LogP contribution >= 0.6 is 0 Å². The Kier molecular flexibility index (Phi) is 5.59. The van der Waals surface area contributed by atoms with Crippen LogP contribution in [0.25, 0.3) is 0 Å². The van der Waals surface area contributed by atoms with Gasteiger partial charge in [0.25, 0.3) is 0 Å². The second-order valence-corrected chi connectivity index (χ2v) is 8.30. The molecule has 7 nitrogen and oxygen atoms in total. The number of rotatable bonds is 5. The lowest BCUT2D eigenvalue weighted by Gasteiger charge is -2.54. The van der Waals surface area contributed by atoms with Crippen LogP contribution in [-0.2, 0) is 16.0 Å². The number of ether oxygens (including phenoxy) is 2. The molecule has 0 amide bonds. The molecule has 4 rings (SSSR count). The Morgan fingerprint density at radius 1 is 1.23 bits per heavy atom. The Bertz CT molecular complexity index is 589. The Balaban J connectivity index is 1.42. The molecule has 0 bridgehead atoms. The number of aryl methyl sites for hydroxylation is 1. The summed E-state index contributed by atoms with van der Waals surface area (Å²) in [6, 6.07) is 0.722. The van der Waals surface area contributed by atoms with Crippen LogP contribution in [0.2, 0.25) is 0 Å². The summed E-state index contributed by atoms with van der Waals surface area (Å²) in [6.07, 6.45) is 5.06. The summed E-state index contributed by atoms with van der Waals surface area (Å²) < 4.78 is 16.4. The van der Waals surface area contributed by atoms with E-state index in [0.29, 0.717) is 5.89 Å². The van der Waals surface area contributed by atoms with E-state index >= 15 is 0 Å². The maximum atomic E-state index is 5.71. The maximum Gasteiger partial charge on any atom is 0.223 e. The average Bonchev–Trinajstić information content (AvgIpc) is 3.07. The van der Waals surface area contributed by atoms with Gasteiger partial charge in [0.2, 0.25) is 5.89 Å². The third-order valence-electron chi connectivity index (χ3n) is 6.66. The number of aromatic nitrogens is 2. The van der Waals surface area contributed by atoms with Gasteiger partial charge in [-0.1, -0.05) is 5.16 Å². The lowest BCUT2D eigenvalue weighted by atomic mass is 9.62. The van der Waals surface area contributed by atoms with Crippen molar-refractivity contribution >= 4 is 0 Å². The van der Waals surface area contributed by atoms with E-state index in [1.165, 1.54) is 25.7 Å². The van der Waals surface area contributed by atoms with Crippen LogP contribution in [0.4, 0.5) is 0 Å².